The van der Waals surface area contributed by atoms with Crippen molar-refractivity contribution < 1.29 is 9.53 Å². The number of rotatable bonds is 4. The Hall–Kier alpha value is -2.64. The number of piperazine rings is 1. The van der Waals surface area contributed by atoms with Gasteiger partial charge in [-0.2, -0.15) is 0 Å². The van der Waals surface area contributed by atoms with Gasteiger partial charge in [0.05, 0.1) is 17.5 Å². The van der Waals surface area contributed by atoms with Crippen LogP contribution in [0.3, 0.4) is 0 Å². The number of carbonyl (C=O) groups excluding carboxylic acids is 1. The Labute approximate surface area is 161 Å². The van der Waals surface area contributed by atoms with E-state index in [1.54, 1.807) is 7.11 Å². The monoisotopic (exact) mass is 383 g/mol. The first kappa shape index (κ1) is 17.8. The quantitative estimate of drug-likeness (QED) is 0.752. The molecule has 0 bridgehead atoms. The highest BCUT2D eigenvalue weighted by molar-refractivity contribution is 7.12. The Morgan fingerprint density at radius 3 is 2.70 bits per heavy atom. The highest BCUT2D eigenvalue weighted by Gasteiger charge is 2.23. The van der Waals surface area contributed by atoms with Crippen LogP contribution >= 0.6 is 11.3 Å². The lowest BCUT2D eigenvalue weighted by atomic mass is 10.1. The number of carbonyl (C=O) groups is 1. The first-order valence-electron chi connectivity index (χ1n) is 8.89. The van der Waals surface area contributed by atoms with Gasteiger partial charge < -0.3 is 14.6 Å². The van der Waals surface area contributed by atoms with Gasteiger partial charge in [0, 0.05) is 44.4 Å². The second-order valence-electron chi connectivity index (χ2n) is 6.62. The van der Waals surface area contributed by atoms with Gasteiger partial charge in [0.1, 0.15) is 5.75 Å². The molecule has 1 aliphatic rings. The topological polar surface area (TPSA) is 65.6 Å². The molecule has 0 saturated carbocycles. The number of thiophene rings is 1. The molecule has 1 saturated heterocycles. The average molecular weight is 383 g/mol. The van der Waals surface area contributed by atoms with Crippen molar-refractivity contribution in [3.63, 3.8) is 0 Å². The van der Waals surface area contributed by atoms with Crippen LogP contribution in [0, 0.1) is 0 Å². The molecule has 0 aliphatic carbocycles. The van der Waals surface area contributed by atoms with Gasteiger partial charge in [0.15, 0.2) is 0 Å². The molecule has 4 rings (SSSR count). The summed E-state index contributed by atoms with van der Waals surface area (Å²) in [7, 11) is 1.61. The second kappa shape index (κ2) is 7.54. The Kier molecular flexibility index (Phi) is 4.96. The molecule has 1 fully saturated rings. The molecule has 0 spiro atoms. The van der Waals surface area contributed by atoms with Gasteiger partial charge in [0.2, 0.25) is 0 Å². The van der Waals surface area contributed by atoms with Crippen LogP contribution in [0.5, 0.6) is 5.75 Å². The fraction of sp³-hybridized carbons (Fsp3) is 0.300. The Morgan fingerprint density at radius 1 is 1.19 bits per heavy atom. The molecule has 2 aromatic heterocycles. The summed E-state index contributed by atoms with van der Waals surface area (Å²) in [6.45, 7) is 3.46. The molecule has 0 atom stereocenters. The summed E-state index contributed by atoms with van der Waals surface area (Å²) in [6.07, 6.45) is 0. The number of ether oxygens (including phenoxy) is 1. The maximum atomic E-state index is 12.4. The number of nitrogens with one attached hydrogen (secondary N) is 1. The summed E-state index contributed by atoms with van der Waals surface area (Å²) in [5.74, 6) is 0.819. The van der Waals surface area contributed by atoms with Gasteiger partial charge in [-0.3, -0.25) is 14.5 Å². The summed E-state index contributed by atoms with van der Waals surface area (Å²) in [6, 6.07) is 11.4. The number of hydrogen-bond acceptors (Lipinski definition) is 5. The molecule has 1 aliphatic heterocycles. The van der Waals surface area contributed by atoms with Crippen LogP contribution in [-0.2, 0) is 6.54 Å². The molecule has 3 aromatic rings. The Bertz CT molecular complexity index is 1000. The van der Waals surface area contributed by atoms with Crippen LogP contribution in [0.4, 0.5) is 0 Å². The maximum absolute atomic E-state index is 12.4. The second-order valence-corrected chi connectivity index (χ2v) is 7.57. The number of H-pyrrole nitrogens is 1. The van der Waals surface area contributed by atoms with Crippen LogP contribution in [0.15, 0.2) is 46.6 Å². The van der Waals surface area contributed by atoms with Gasteiger partial charge >= 0.3 is 0 Å². The predicted octanol–water partition coefficient (Wildman–Crippen LogP) is 2.56. The largest absolute Gasteiger partial charge is 0.497 e. The molecule has 27 heavy (non-hydrogen) atoms. The third kappa shape index (κ3) is 3.74. The molecule has 7 heteroatoms. The van der Waals surface area contributed by atoms with E-state index in [1.807, 2.05) is 46.7 Å². The van der Waals surface area contributed by atoms with Gasteiger partial charge in [-0.05, 0) is 35.0 Å². The first-order valence-corrected chi connectivity index (χ1v) is 9.77. The molecule has 3 heterocycles. The van der Waals surface area contributed by atoms with Crippen LogP contribution in [0.1, 0.15) is 15.2 Å². The van der Waals surface area contributed by atoms with E-state index in [4.69, 9.17) is 4.74 Å². The lowest BCUT2D eigenvalue weighted by Crippen LogP contribution is -2.48. The minimum Gasteiger partial charge on any atom is -0.497 e. The van der Waals surface area contributed by atoms with Crippen molar-refractivity contribution in [2.24, 2.45) is 0 Å². The molecule has 0 radical (unpaired) electrons. The van der Waals surface area contributed by atoms with Crippen LogP contribution in [0.2, 0.25) is 0 Å². The molecule has 0 unspecified atom stereocenters. The van der Waals surface area contributed by atoms with Crippen molar-refractivity contribution in [3.8, 4) is 5.75 Å². The van der Waals surface area contributed by atoms with Crippen LogP contribution in [0.25, 0.3) is 10.9 Å². The fourth-order valence-corrected chi connectivity index (χ4v) is 4.07. The third-order valence-electron chi connectivity index (χ3n) is 4.92. The normalized spacial score (nSPS) is 15.2. The molecular weight excluding hydrogens is 362 g/mol. The summed E-state index contributed by atoms with van der Waals surface area (Å²) in [5.41, 5.74) is 1.44. The smallest absolute Gasteiger partial charge is 0.264 e. The van der Waals surface area contributed by atoms with Crippen molar-refractivity contribution in [1.29, 1.82) is 0 Å². The number of methoxy groups -OCH3 is 1. The van der Waals surface area contributed by atoms with Gasteiger partial charge in [-0.25, -0.2) is 0 Å². The number of amides is 1. The Morgan fingerprint density at radius 2 is 2.00 bits per heavy atom. The highest BCUT2D eigenvalue weighted by atomic mass is 32.1. The van der Waals surface area contributed by atoms with Crippen molar-refractivity contribution in [1.82, 2.24) is 14.8 Å². The number of pyridine rings is 1. The van der Waals surface area contributed by atoms with Gasteiger partial charge in [-0.1, -0.05) is 6.07 Å². The van der Waals surface area contributed by atoms with Crippen molar-refractivity contribution in [2.45, 2.75) is 6.54 Å². The standard InChI is InChI=1S/C20H21N3O3S/c1-26-16-5-4-14-11-15(19(24)21-17(14)12-16)13-22-6-8-23(9-7-22)20(25)18-3-2-10-27-18/h2-5,10-12H,6-9,13H2,1H3,(H,21,24). The lowest BCUT2D eigenvalue weighted by Gasteiger charge is -2.34. The summed E-state index contributed by atoms with van der Waals surface area (Å²) >= 11 is 1.47. The number of hydrogen-bond donors (Lipinski definition) is 1. The first-order chi connectivity index (χ1) is 13.1. The zero-order chi connectivity index (χ0) is 18.8. The summed E-state index contributed by atoms with van der Waals surface area (Å²) in [5, 5.41) is 2.90. The molecule has 140 valence electrons. The van der Waals surface area contributed by atoms with Gasteiger partial charge in [-0.15, -0.1) is 11.3 Å². The number of aromatic nitrogens is 1. The van der Waals surface area contributed by atoms with E-state index in [-0.39, 0.29) is 11.5 Å². The van der Waals surface area contributed by atoms with E-state index in [2.05, 4.69) is 9.88 Å². The molecule has 6 nitrogen and oxygen atoms in total. The summed E-state index contributed by atoms with van der Waals surface area (Å²) in [4.78, 5) is 32.7. The molecule has 1 amide bonds. The van der Waals surface area contributed by atoms with Crippen molar-refractivity contribution in [3.05, 3.63) is 62.6 Å². The van der Waals surface area contributed by atoms with Crippen LogP contribution in [-0.4, -0.2) is 54.0 Å². The van der Waals surface area contributed by atoms with Crippen molar-refractivity contribution >= 4 is 28.1 Å². The zero-order valence-corrected chi connectivity index (χ0v) is 15.9. The minimum atomic E-state index is -0.0761. The van der Waals surface area contributed by atoms with E-state index in [0.29, 0.717) is 19.6 Å². The zero-order valence-electron chi connectivity index (χ0n) is 15.1. The number of nitrogens with zero attached hydrogens (tertiary/aromatic N) is 2. The van der Waals surface area contributed by atoms with E-state index in [1.165, 1.54) is 11.3 Å². The minimum absolute atomic E-state index is 0.0761. The molecule has 1 aromatic carbocycles. The van der Waals surface area contributed by atoms with Crippen LogP contribution < -0.4 is 10.3 Å². The molecular formula is C20H21N3O3S. The third-order valence-corrected chi connectivity index (χ3v) is 5.77. The van der Waals surface area contributed by atoms with E-state index in [0.717, 1.165) is 40.2 Å². The van der Waals surface area contributed by atoms with E-state index >= 15 is 0 Å². The number of fused-ring (bicyclic) bond motifs is 1. The van der Waals surface area contributed by atoms with Crippen molar-refractivity contribution in [2.75, 3.05) is 33.3 Å². The fourth-order valence-electron chi connectivity index (χ4n) is 3.38. The Balaban J connectivity index is 1.43. The summed E-state index contributed by atoms with van der Waals surface area (Å²) < 4.78 is 5.21. The number of benzene rings is 1. The highest BCUT2D eigenvalue weighted by Crippen LogP contribution is 2.19. The molecule has 1 N–H and O–H groups in total. The maximum Gasteiger partial charge on any atom is 0.264 e. The number of aromatic amines is 1. The van der Waals surface area contributed by atoms with Gasteiger partial charge in [0.25, 0.3) is 11.5 Å². The van der Waals surface area contributed by atoms with E-state index in [9.17, 15) is 9.59 Å². The lowest BCUT2D eigenvalue weighted by molar-refractivity contribution is 0.0633. The SMILES string of the molecule is COc1ccc2cc(CN3CCN(C(=O)c4cccs4)CC3)c(=O)[nH]c2c1. The average Bonchev–Trinajstić information content (AvgIpc) is 3.23. The predicted molar refractivity (Wildman–Crippen MR) is 107 cm³/mol. The van der Waals surface area contributed by atoms with E-state index < -0.39 is 0 Å².